The zero-order valence-electron chi connectivity index (χ0n) is 12.7. The Morgan fingerprint density at radius 1 is 1.24 bits per heavy atom. The zero-order chi connectivity index (χ0) is 14.7. The molecule has 0 spiro atoms. The highest BCUT2D eigenvalue weighted by Gasteiger charge is 2.07. The summed E-state index contributed by atoms with van der Waals surface area (Å²) in [5.41, 5.74) is 3.86. The normalized spacial score (nSPS) is 11.3. The Bertz CT molecular complexity index is 723. The maximum Gasteiger partial charge on any atom is 0.0946 e. The first-order chi connectivity index (χ1) is 10.3. The van der Waals surface area contributed by atoms with Gasteiger partial charge in [0.1, 0.15) is 0 Å². The monoisotopic (exact) mass is 282 g/mol. The molecule has 0 amide bonds. The lowest BCUT2D eigenvalue weighted by Gasteiger charge is -2.08. The second-order valence-electron chi connectivity index (χ2n) is 5.47. The minimum Gasteiger partial charge on any atom is -0.341 e. The molecular weight excluding hydrogens is 260 g/mol. The van der Waals surface area contributed by atoms with E-state index in [1.165, 1.54) is 22.2 Å². The Kier molecular flexibility index (Phi) is 4.06. The molecule has 0 aliphatic rings. The maximum absolute atomic E-state index is 4.19. The van der Waals surface area contributed by atoms with E-state index in [1.54, 1.807) is 0 Å². The van der Waals surface area contributed by atoms with Crippen LogP contribution in [-0.2, 0) is 20.1 Å². The van der Waals surface area contributed by atoms with Crippen LogP contribution in [-0.4, -0.2) is 20.7 Å². The van der Waals surface area contributed by atoms with Gasteiger partial charge in [-0.1, -0.05) is 19.1 Å². The summed E-state index contributed by atoms with van der Waals surface area (Å²) in [4.78, 5) is 4.19. The third-order valence-electron chi connectivity index (χ3n) is 3.90. The molecule has 0 aliphatic carbocycles. The van der Waals surface area contributed by atoms with Crippen molar-refractivity contribution in [3.8, 4) is 0 Å². The van der Waals surface area contributed by atoms with E-state index in [4.69, 9.17) is 0 Å². The number of fused-ring (bicyclic) bond motifs is 1. The van der Waals surface area contributed by atoms with Crippen LogP contribution in [0.4, 0.5) is 0 Å². The van der Waals surface area contributed by atoms with Crippen LogP contribution >= 0.6 is 0 Å². The molecule has 0 aliphatic heterocycles. The summed E-state index contributed by atoms with van der Waals surface area (Å²) in [6, 6.07) is 8.76. The molecule has 2 aromatic heterocycles. The van der Waals surface area contributed by atoms with E-state index in [2.05, 4.69) is 56.8 Å². The van der Waals surface area contributed by atoms with Crippen LogP contribution < -0.4 is 5.32 Å². The topological polar surface area (TPSA) is 34.8 Å². The Morgan fingerprint density at radius 2 is 2.14 bits per heavy atom. The molecule has 1 N–H and O–H groups in total. The fourth-order valence-corrected chi connectivity index (χ4v) is 2.69. The average molecular weight is 282 g/mol. The lowest BCUT2D eigenvalue weighted by Crippen LogP contribution is -2.13. The molecule has 3 aromatic rings. The molecule has 0 bridgehead atoms. The summed E-state index contributed by atoms with van der Waals surface area (Å²) in [5.74, 6) is 0. The van der Waals surface area contributed by atoms with E-state index in [1.807, 2.05) is 19.6 Å². The molecule has 21 heavy (non-hydrogen) atoms. The second kappa shape index (κ2) is 6.14. The lowest BCUT2D eigenvalue weighted by atomic mass is 10.1. The number of rotatable bonds is 6. The Hall–Kier alpha value is -2.07. The van der Waals surface area contributed by atoms with Crippen molar-refractivity contribution < 1.29 is 0 Å². The van der Waals surface area contributed by atoms with Crippen molar-refractivity contribution in [2.24, 2.45) is 7.05 Å². The third-order valence-corrected chi connectivity index (χ3v) is 3.90. The Balaban J connectivity index is 1.88. The van der Waals surface area contributed by atoms with Crippen LogP contribution in [0.15, 0.2) is 43.0 Å². The van der Waals surface area contributed by atoms with Gasteiger partial charge >= 0.3 is 0 Å². The van der Waals surface area contributed by atoms with Crippen molar-refractivity contribution in [1.29, 1.82) is 0 Å². The fraction of sp³-hybridized carbons (Fsp3) is 0.353. The van der Waals surface area contributed by atoms with Gasteiger partial charge in [-0.3, -0.25) is 0 Å². The summed E-state index contributed by atoms with van der Waals surface area (Å²) < 4.78 is 4.36. The lowest BCUT2D eigenvalue weighted by molar-refractivity contribution is 0.678. The van der Waals surface area contributed by atoms with Gasteiger partial charge in [0.15, 0.2) is 0 Å². The molecule has 0 saturated heterocycles. The van der Waals surface area contributed by atoms with E-state index >= 15 is 0 Å². The molecule has 0 saturated carbocycles. The van der Waals surface area contributed by atoms with Crippen LogP contribution in [0, 0.1) is 0 Å². The van der Waals surface area contributed by atoms with Gasteiger partial charge in [0.25, 0.3) is 0 Å². The van der Waals surface area contributed by atoms with Crippen LogP contribution in [0.3, 0.4) is 0 Å². The predicted molar refractivity (Wildman–Crippen MR) is 86.2 cm³/mol. The number of nitrogens with one attached hydrogen (secondary N) is 1. The van der Waals surface area contributed by atoms with Crippen LogP contribution in [0.25, 0.3) is 10.9 Å². The first kappa shape index (κ1) is 13.9. The largest absolute Gasteiger partial charge is 0.341 e. The summed E-state index contributed by atoms with van der Waals surface area (Å²) in [6.45, 7) is 5.04. The maximum atomic E-state index is 4.19. The van der Waals surface area contributed by atoms with E-state index in [0.29, 0.717) is 0 Å². The van der Waals surface area contributed by atoms with Gasteiger partial charge in [-0.2, -0.15) is 0 Å². The van der Waals surface area contributed by atoms with Crippen molar-refractivity contribution >= 4 is 10.9 Å². The van der Waals surface area contributed by atoms with Gasteiger partial charge < -0.3 is 14.5 Å². The van der Waals surface area contributed by atoms with Gasteiger partial charge in [0.2, 0.25) is 0 Å². The van der Waals surface area contributed by atoms with Gasteiger partial charge in [0, 0.05) is 36.9 Å². The zero-order valence-corrected chi connectivity index (χ0v) is 12.7. The second-order valence-corrected chi connectivity index (χ2v) is 5.47. The number of aryl methyl sites for hydroxylation is 1. The molecule has 4 nitrogen and oxygen atoms in total. The fourth-order valence-electron chi connectivity index (χ4n) is 2.69. The first-order valence-electron chi connectivity index (χ1n) is 7.52. The highest BCUT2D eigenvalue weighted by molar-refractivity contribution is 5.83. The number of hydrogen-bond acceptors (Lipinski definition) is 2. The molecule has 0 unspecified atom stereocenters. The Morgan fingerprint density at radius 3 is 2.90 bits per heavy atom. The number of aromatic nitrogens is 3. The molecule has 0 radical (unpaired) electrons. The van der Waals surface area contributed by atoms with Gasteiger partial charge in [-0.25, -0.2) is 4.98 Å². The van der Waals surface area contributed by atoms with Crippen molar-refractivity contribution in [2.45, 2.75) is 26.4 Å². The van der Waals surface area contributed by atoms with E-state index in [-0.39, 0.29) is 0 Å². The van der Waals surface area contributed by atoms with Gasteiger partial charge in [-0.15, -0.1) is 0 Å². The Labute approximate surface area is 125 Å². The molecule has 2 heterocycles. The quantitative estimate of drug-likeness (QED) is 0.705. The molecular formula is C17H22N4. The van der Waals surface area contributed by atoms with Crippen LogP contribution in [0.2, 0.25) is 0 Å². The summed E-state index contributed by atoms with van der Waals surface area (Å²) >= 11 is 0. The highest BCUT2D eigenvalue weighted by Crippen LogP contribution is 2.21. The van der Waals surface area contributed by atoms with Crippen molar-refractivity contribution in [3.63, 3.8) is 0 Å². The van der Waals surface area contributed by atoms with Crippen molar-refractivity contribution in [1.82, 2.24) is 19.4 Å². The van der Waals surface area contributed by atoms with Gasteiger partial charge in [-0.05, 0) is 30.7 Å². The molecule has 4 heteroatoms. The van der Waals surface area contributed by atoms with E-state index in [9.17, 15) is 0 Å². The summed E-state index contributed by atoms with van der Waals surface area (Å²) in [6.07, 6.45) is 7.11. The minimum atomic E-state index is 0.853. The average Bonchev–Trinajstić information content (AvgIpc) is 3.08. The van der Waals surface area contributed by atoms with Crippen molar-refractivity contribution in [2.75, 3.05) is 6.54 Å². The smallest absolute Gasteiger partial charge is 0.0946 e. The van der Waals surface area contributed by atoms with Crippen molar-refractivity contribution in [3.05, 3.63) is 54.2 Å². The molecule has 3 rings (SSSR count). The minimum absolute atomic E-state index is 0.853. The molecule has 1 aromatic carbocycles. The number of nitrogens with zero attached hydrogens (tertiary/aromatic N) is 3. The van der Waals surface area contributed by atoms with Crippen LogP contribution in [0.1, 0.15) is 24.6 Å². The highest BCUT2D eigenvalue weighted by atomic mass is 15.1. The molecule has 0 fully saturated rings. The third kappa shape index (κ3) is 2.85. The number of imidazole rings is 1. The first-order valence-corrected chi connectivity index (χ1v) is 7.52. The van der Waals surface area contributed by atoms with E-state index < -0.39 is 0 Å². The standard InChI is InChI=1S/C17H22N4/c1-3-8-18-10-14-5-4-6-17-16(14)7-9-21(17)12-15-11-19-13-20(15)2/h4-7,9,11,13,18H,3,8,10,12H2,1-2H3. The van der Waals surface area contributed by atoms with Crippen LogP contribution in [0.5, 0.6) is 0 Å². The molecule has 0 atom stereocenters. The van der Waals surface area contributed by atoms with Gasteiger partial charge in [0.05, 0.1) is 18.6 Å². The molecule has 110 valence electrons. The number of benzene rings is 1. The SMILES string of the molecule is CCCNCc1cccc2c1ccn2Cc1cncn1C. The summed E-state index contributed by atoms with van der Waals surface area (Å²) in [5, 5.41) is 4.82. The predicted octanol–water partition coefficient (Wildman–Crippen LogP) is 2.92. The summed E-state index contributed by atoms with van der Waals surface area (Å²) in [7, 11) is 2.04. The number of hydrogen-bond donors (Lipinski definition) is 1. The van der Waals surface area contributed by atoms with E-state index in [0.717, 1.165) is 26.1 Å².